The standard InChI is InChI=1S/C26H35F3N6O3/c1-18(36)30-23-8-11-35(31-23)24(37)34-14-12-32(13-15-34)17-19-4-5-21(26(27,28)29)16-22(19)33-9-6-20(7-10-33)25(2,3)38/h4-5,8,11,16,20,38H,6-7,9-10,12-15,17H2,1-3H3,(H,30,31,36). The molecule has 9 nitrogen and oxygen atoms in total. The Morgan fingerprint density at radius 1 is 1.05 bits per heavy atom. The van der Waals surface area contributed by atoms with Crippen LogP contribution in [0.3, 0.4) is 0 Å². The van der Waals surface area contributed by atoms with E-state index in [-0.39, 0.29) is 17.9 Å². The van der Waals surface area contributed by atoms with Crippen molar-refractivity contribution in [3.63, 3.8) is 0 Å². The van der Waals surface area contributed by atoms with Gasteiger partial charge in [0.05, 0.1) is 11.2 Å². The second-order valence-corrected chi connectivity index (χ2v) is 10.6. The van der Waals surface area contributed by atoms with Gasteiger partial charge in [0.15, 0.2) is 5.82 Å². The number of nitrogens with zero attached hydrogens (tertiary/aromatic N) is 5. The SMILES string of the molecule is CC(=O)Nc1ccn(C(=O)N2CCN(Cc3ccc(C(F)(F)F)cc3N3CCC(C(C)(C)O)CC3)CC2)n1. The average molecular weight is 537 g/mol. The van der Waals surface area contributed by atoms with Crippen molar-refractivity contribution in [1.82, 2.24) is 19.6 Å². The highest BCUT2D eigenvalue weighted by molar-refractivity contribution is 5.88. The molecule has 208 valence electrons. The molecular formula is C26H35F3N6O3. The van der Waals surface area contributed by atoms with E-state index in [2.05, 4.69) is 15.3 Å². The van der Waals surface area contributed by atoms with Crippen LogP contribution in [0.5, 0.6) is 0 Å². The van der Waals surface area contributed by atoms with Gasteiger partial charge in [-0.15, -0.1) is 5.10 Å². The van der Waals surface area contributed by atoms with E-state index in [0.29, 0.717) is 70.2 Å². The molecule has 0 spiro atoms. The van der Waals surface area contributed by atoms with Gasteiger partial charge in [-0.2, -0.15) is 17.9 Å². The molecule has 2 fully saturated rings. The normalized spacial score (nSPS) is 18.1. The van der Waals surface area contributed by atoms with Gasteiger partial charge in [-0.05, 0) is 50.3 Å². The van der Waals surface area contributed by atoms with E-state index >= 15 is 0 Å². The lowest BCUT2D eigenvalue weighted by atomic mass is 9.83. The first-order valence-electron chi connectivity index (χ1n) is 12.8. The molecule has 0 saturated carbocycles. The predicted molar refractivity (Wildman–Crippen MR) is 137 cm³/mol. The molecule has 0 bridgehead atoms. The first-order valence-corrected chi connectivity index (χ1v) is 12.8. The highest BCUT2D eigenvalue weighted by Gasteiger charge is 2.34. The number of carbonyl (C=O) groups excluding carboxylic acids is 2. The number of piperazine rings is 1. The maximum atomic E-state index is 13.5. The van der Waals surface area contributed by atoms with Gasteiger partial charge in [-0.3, -0.25) is 9.69 Å². The largest absolute Gasteiger partial charge is 0.416 e. The fourth-order valence-electron chi connectivity index (χ4n) is 5.16. The van der Waals surface area contributed by atoms with Crippen LogP contribution in [0.25, 0.3) is 0 Å². The Morgan fingerprint density at radius 3 is 2.29 bits per heavy atom. The quantitative estimate of drug-likeness (QED) is 0.606. The van der Waals surface area contributed by atoms with Crippen LogP contribution >= 0.6 is 0 Å². The van der Waals surface area contributed by atoms with Crippen LogP contribution in [0.2, 0.25) is 0 Å². The van der Waals surface area contributed by atoms with E-state index in [4.69, 9.17) is 0 Å². The number of hydrogen-bond donors (Lipinski definition) is 2. The Balaban J connectivity index is 1.42. The van der Waals surface area contributed by atoms with E-state index in [1.165, 1.54) is 23.9 Å². The number of hydrogen-bond acceptors (Lipinski definition) is 6. The van der Waals surface area contributed by atoms with Crippen molar-refractivity contribution < 1.29 is 27.9 Å². The van der Waals surface area contributed by atoms with Crippen LogP contribution in [-0.4, -0.2) is 81.5 Å². The number of halogens is 3. The number of carbonyl (C=O) groups is 2. The molecule has 3 heterocycles. The first-order chi connectivity index (χ1) is 17.8. The summed E-state index contributed by atoms with van der Waals surface area (Å²) < 4.78 is 41.8. The van der Waals surface area contributed by atoms with Gasteiger partial charge in [0.1, 0.15) is 0 Å². The molecule has 2 aliphatic rings. The minimum Gasteiger partial charge on any atom is -0.390 e. The Bertz CT molecular complexity index is 1140. The van der Waals surface area contributed by atoms with Crippen molar-refractivity contribution in [2.75, 3.05) is 49.5 Å². The Labute approximate surface area is 220 Å². The highest BCUT2D eigenvalue weighted by atomic mass is 19.4. The van der Waals surface area contributed by atoms with Crippen LogP contribution in [0.15, 0.2) is 30.5 Å². The molecule has 1 aromatic heterocycles. The number of aliphatic hydroxyl groups is 1. The van der Waals surface area contributed by atoms with Crippen LogP contribution in [0.4, 0.5) is 29.5 Å². The number of rotatable bonds is 5. The van der Waals surface area contributed by atoms with Crippen LogP contribution in [-0.2, 0) is 17.5 Å². The summed E-state index contributed by atoms with van der Waals surface area (Å²) in [5.41, 5.74) is -0.100. The highest BCUT2D eigenvalue weighted by Crippen LogP contribution is 2.37. The maximum Gasteiger partial charge on any atom is 0.416 e. The van der Waals surface area contributed by atoms with Crippen molar-refractivity contribution in [2.45, 2.75) is 51.9 Å². The Hall–Kier alpha value is -3.12. The van der Waals surface area contributed by atoms with Gasteiger partial charge in [-0.1, -0.05) is 6.07 Å². The molecule has 12 heteroatoms. The van der Waals surface area contributed by atoms with Crippen molar-refractivity contribution >= 4 is 23.4 Å². The zero-order valence-electron chi connectivity index (χ0n) is 22.0. The van der Waals surface area contributed by atoms with Gasteiger partial charge in [0, 0.05) is 70.7 Å². The van der Waals surface area contributed by atoms with E-state index in [1.807, 2.05) is 4.90 Å². The topological polar surface area (TPSA) is 93.9 Å². The van der Waals surface area contributed by atoms with Crippen molar-refractivity contribution in [3.8, 4) is 0 Å². The molecule has 0 unspecified atom stereocenters. The second kappa shape index (κ2) is 10.9. The summed E-state index contributed by atoms with van der Waals surface area (Å²) in [5, 5.41) is 17.0. The summed E-state index contributed by atoms with van der Waals surface area (Å²) in [4.78, 5) is 29.8. The predicted octanol–water partition coefficient (Wildman–Crippen LogP) is 3.63. The van der Waals surface area contributed by atoms with Gasteiger partial charge in [0.2, 0.25) is 5.91 Å². The van der Waals surface area contributed by atoms with Crippen molar-refractivity contribution in [2.24, 2.45) is 5.92 Å². The second-order valence-electron chi connectivity index (χ2n) is 10.6. The molecule has 38 heavy (non-hydrogen) atoms. The fourth-order valence-corrected chi connectivity index (χ4v) is 5.16. The zero-order chi connectivity index (χ0) is 27.7. The van der Waals surface area contributed by atoms with Crippen LogP contribution < -0.4 is 10.2 Å². The molecule has 2 saturated heterocycles. The number of benzene rings is 1. The van der Waals surface area contributed by atoms with E-state index in [9.17, 15) is 27.9 Å². The van der Waals surface area contributed by atoms with Gasteiger partial charge in [-0.25, -0.2) is 4.79 Å². The number of aromatic nitrogens is 2. The number of piperidine rings is 1. The summed E-state index contributed by atoms with van der Waals surface area (Å²) in [6.45, 7) is 8.56. The molecule has 4 rings (SSSR count). The number of alkyl halides is 3. The van der Waals surface area contributed by atoms with E-state index in [1.54, 1.807) is 30.9 Å². The molecule has 0 atom stereocenters. The molecule has 2 aromatic rings. The lowest BCUT2D eigenvalue weighted by Crippen LogP contribution is -2.49. The minimum atomic E-state index is -4.43. The van der Waals surface area contributed by atoms with E-state index in [0.717, 1.165) is 11.6 Å². The monoisotopic (exact) mass is 536 g/mol. The third kappa shape index (κ3) is 6.65. The molecule has 1 aromatic carbocycles. The zero-order valence-corrected chi connectivity index (χ0v) is 22.0. The molecule has 2 N–H and O–H groups in total. The Morgan fingerprint density at radius 2 is 1.71 bits per heavy atom. The summed E-state index contributed by atoms with van der Waals surface area (Å²) in [5.74, 6) is 0.120. The lowest BCUT2D eigenvalue weighted by Gasteiger charge is -2.40. The lowest BCUT2D eigenvalue weighted by molar-refractivity contribution is -0.137. The summed E-state index contributed by atoms with van der Waals surface area (Å²) in [7, 11) is 0. The number of amides is 2. The minimum absolute atomic E-state index is 0.0997. The third-order valence-electron chi connectivity index (χ3n) is 7.37. The van der Waals surface area contributed by atoms with Crippen LogP contribution in [0, 0.1) is 5.92 Å². The van der Waals surface area contributed by atoms with Crippen LogP contribution in [0.1, 0.15) is 44.7 Å². The smallest absolute Gasteiger partial charge is 0.390 e. The summed E-state index contributed by atoms with van der Waals surface area (Å²) in [6.07, 6.45) is -1.53. The summed E-state index contributed by atoms with van der Waals surface area (Å²) >= 11 is 0. The molecular weight excluding hydrogens is 501 g/mol. The number of anilines is 2. The third-order valence-corrected chi connectivity index (χ3v) is 7.37. The molecule has 0 radical (unpaired) electrons. The van der Waals surface area contributed by atoms with E-state index < -0.39 is 17.3 Å². The van der Waals surface area contributed by atoms with Gasteiger partial charge >= 0.3 is 12.2 Å². The Kier molecular flexibility index (Phi) is 8.03. The fraction of sp³-hybridized carbons (Fsp3) is 0.577. The van der Waals surface area contributed by atoms with Gasteiger partial charge in [0.25, 0.3) is 0 Å². The van der Waals surface area contributed by atoms with Crippen molar-refractivity contribution in [1.29, 1.82) is 0 Å². The first kappa shape index (κ1) is 27.9. The molecule has 2 aliphatic heterocycles. The molecule has 2 amide bonds. The van der Waals surface area contributed by atoms with Crippen molar-refractivity contribution in [3.05, 3.63) is 41.6 Å². The number of nitrogens with one attached hydrogen (secondary N) is 1. The summed E-state index contributed by atoms with van der Waals surface area (Å²) in [6, 6.07) is 5.18. The maximum absolute atomic E-state index is 13.5. The average Bonchev–Trinajstić information content (AvgIpc) is 3.31. The van der Waals surface area contributed by atoms with Gasteiger partial charge < -0.3 is 20.2 Å². The molecule has 0 aliphatic carbocycles.